The zero-order valence-electron chi connectivity index (χ0n) is 9.04. The summed E-state index contributed by atoms with van der Waals surface area (Å²) < 4.78 is 0. The average molecular weight is 169 g/mol. The normalized spacial score (nSPS) is 22.0. The monoisotopic (exact) mass is 169 g/mol. The maximum absolute atomic E-state index is 3.65. The van der Waals surface area contributed by atoms with Crippen LogP contribution in [0.5, 0.6) is 0 Å². The predicted molar refractivity (Wildman–Crippen MR) is 54.3 cm³/mol. The highest BCUT2D eigenvalue weighted by Crippen LogP contribution is 2.31. The lowest BCUT2D eigenvalue weighted by Gasteiger charge is -2.40. The molecule has 0 amide bonds. The summed E-state index contributed by atoms with van der Waals surface area (Å²) in [5.41, 5.74) is 0.971. The molecule has 72 valence electrons. The van der Waals surface area contributed by atoms with Crippen molar-refractivity contribution in [3.63, 3.8) is 0 Å². The standard InChI is InChI=1S/C11H23N/c1-10(2,3)8-9-12-11(4)6-5-7-11/h12H,5-9H2,1-4H3. The first-order chi connectivity index (χ1) is 5.41. The van der Waals surface area contributed by atoms with E-state index in [9.17, 15) is 0 Å². The van der Waals surface area contributed by atoms with Gasteiger partial charge in [0.15, 0.2) is 0 Å². The van der Waals surface area contributed by atoms with Crippen LogP contribution in [0, 0.1) is 5.41 Å². The van der Waals surface area contributed by atoms with E-state index in [1.165, 1.54) is 32.2 Å². The second kappa shape index (κ2) is 3.37. The second-order valence-electron chi connectivity index (χ2n) is 5.65. The highest BCUT2D eigenvalue weighted by atomic mass is 15.0. The zero-order valence-corrected chi connectivity index (χ0v) is 9.04. The third-order valence-electron chi connectivity index (χ3n) is 2.88. The van der Waals surface area contributed by atoms with Crippen LogP contribution < -0.4 is 5.32 Å². The van der Waals surface area contributed by atoms with Gasteiger partial charge in [0.05, 0.1) is 0 Å². The Balaban J connectivity index is 2.10. The maximum atomic E-state index is 3.65. The van der Waals surface area contributed by atoms with Crippen LogP contribution in [0.4, 0.5) is 0 Å². The molecule has 0 aromatic rings. The lowest BCUT2D eigenvalue weighted by molar-refractivity contribution is 0.198. The van der Waals surface area contributed by atoms with Gasteiger partial charge >= 0.3 is 0 Å². The molecule has 0 heterocycles. The number of rotatable bonds is 3. The fraction of sp³-hybridized carbons (Fsp3) is 1.00. The van der Waals surface area contributed by atoms with Crippen molar-refractivity contribution in [1.82, 2.24) is 5.32 Å². The first kappa shape index (κ1) is 10.0. The minimum atomic E-state index is 0.479. The van der Waals surface area contributed by atoms with Gasteiger partial charge in [-0.3, -0.25) is 0 Å². The molecular formula is C11H23N. The van der Waals surface area contributed by atoms with Gasteiger partial charge in [0.25, 0.3) is 0 Å². The fourth-order valence-corrected chi connectivity index (χ4v) is 1.62. The van der Waals surface area contributed by atoms with Crippen LogP contribution in [0.25, 0.3) is 0 Å². The summed E-state index contributed by atoms with van der Waals surface area (Å²) in [6.07, 6.45) is 5.44. The van der Waals surface area contributed by atoms with Gasteiger partial charge in [-0.2, -0.15) is 0 Å². The van der Waals surface area contributed by atoms with Crippen molar-refractivity contribution >= 4 is 0 Å². The summed E-state index contributed by atoms with van der Waals surface area (Å²) in [5.74, 6) is 0. The van der Waals surface area contributed by atoms with E-state index in [0.29, 0.717) is 11.0 Å². The molecule has 1 aliphatic rings. The van der Waals surface area contributed by atoms with Gasteiger partial charge in [0.2, 0.25) is 0 Å². The SMILES string of the molecule is CC(C)(C)CCNC1(C)CCC1. The van der Waals surface area contributed by atoms with Crippen LogP contribution >= 0.6 is 0 Å². The number of hydrogen-bond acceptors (Lipinski definition) is 1. The smallest absolute Gasteiger partial charge is 0.0153 e. The van der Waals surface area contributed by atoms with Gasteiger partial charge in [-0.1, -0.05) is 20.8 Å². The van der Waals surface area contributed by atoms with Crippen LogP contribution in [0.2, 0.25) is 0 Å². The van der Waals surface area contributed by atoms with Crippen molar-refractivity contribution in [3.05, 3.63) is 0 Å². The Morgan fingerprint density at radius 2 is 1.83 bits per heavy atom. The molecule has 1 saturated carbocycles. The van der Waals surface area contributed by atoms with Gasteiger partial charge in [0.1, 0.15) is 0 Å². The molecule has 0 spiro atoms. The van der Waals surface area contributed by atoms with Crippen LogP contribution in [-0.4, -0.2) is 12.1 Å². The lowest BCUT2D eigenvalue weighted by Crippen LogP contribution is -2.48. The summed E-state index contributed by atoms with van der Waals surface area (Å²) in [4.78, 5) is 0. The zero-order chi connectivity index (χ0) is 9.24. The minimum absolute atomic E-state index is 0.479. The molecule has 1 rings (SSSR count). The van der Waals surface area contributed by atoms with E-state index in [0.717, 1.165) is 0 Å². The largest absolute Gasteiger partial charge is 0.311 e. The highest BCUT2D eigenvalue weighted by molar-refractivity contribution is 4.91. The van der Waals surface area contributed by atoms with E-state index in [4.69, 9.17) is 0 Å². The van der Waals surface area contributed by atoms with Crippen molar-refractivity contribution in [2.24, 2.45) is 5.41 Å². The molecule has 0 aromatic carbocycles. The van der Waals surface area contributed by atoms with Crippen molar-refractivity contribution in [2.75, 3.05) is 6.54 Å². The van der Waals surface area contributed by atoms with Crippen molar-refractivity contribution in [2.45, 2.75) is 58.9 Å². The van der Waals surface area contributed by atoms with Crippen LogP contribution in [0.15, 0.2) is 0 Å². The van der Waals surface area contributed by atoms with Gasteiger partial charge in [-0.15, -0.1) is 0 Å². The fourth-order valence-electron chi connectivity index (χ4n) is 1.62. The van der Waals surface area contributed by atoms with E-state index < -0.39 is 0 Å². The van der Waals surface area contributed by atoms with E-state index in [-0.39, 0.29) is 0 Å². The number of hydrogen-bond donors (Lipinski definition) is 1. The van der Waals surface area contributed by atoms with Crippen molar-refractivity contribution < 1.29 is 0 Å². The third kappa shape index (κ3) is 3.14. The van der Waals surface area contributed by atoms with Gasteiger partial charge in [-0.25, -0.2) is 0 Å². The highest BCUT2D eigenvalue weighted by Gasteiger charge is 2.30. The second-order valence-corrected chi connectivity index (χ2v) is 5.65. The third-order valence-corrected chi connectivity index (χ3v) is 2.88. The molecule has 1 fully saturated rings. The molecule has 0 unspecified atom stereocenters. The van der Waals surface area contributed by atoms with E-state index >= 15 is 0 Å². The molecule has 0 atom stereocenters. The molecule has 1 nitrogen and oxygen atoms in total. The molecule has 0 saturated heterocycles. The Bertz CT molecular complexity index is 140. The first-order valence-corrected chi connectivity index (χ1v) is 5.16. The topological polar surface area (TPSA) is 12.0 Å². The summed E-state index contributed by atoms with van der Waals surface area (Å²) in [6.45, 7) is 10.4. The van der Waals surface area contributed by atoms with Crippen LogP contribution in [0.1, 0.15) is 53.4 Å². The Morgan fingerprint density at radius 1 is 1.25 bits per heavy atom. The van der Waals surface area contributed by atoms with E-state index in [1.807, 2.05) is 0 Å². The molecule has 1 N–H and O–H groups in total. The summed E-state index contributed by atoms with van der Waals surface area (Å²) in [5, 5.41) is 3.65. The van der Waals surface area contributed by atoms with E-state index in [2.05, 4.69) is 33.0 Å². The predicted octanol–water partition coefficient (Wildman–Crippen LogP) is 2.95. The summed E-state index contributed by atoms with van der Waals surface area (Å²) in [6, 6.07) is 0. The van der Waals surface area contributed by atoms with Crippen molar-refractivity contribution in [1.29, 1.82) is 0 Å². The molecule has 1 aliphatic carbocycles. The average Bonchev–Trinajstić information content (AvgIpc) is 1.81. The van der Waals surface area contributed by atoms with Gasteiger partial charge < -0.3 is 5.32 Å². The minimum Gasteiger partial charge on any atom is -0.311 e. The van der Waals surface area contributed by atoms with Crippen LogP contribution in [-0.2, 0) is 0 Å². The Labute approximate surface area is 76.9 Å². The molecule has 0 radical (unpaired) electrons. The first-order valence-electron chi connectivity index (χ1n) is 5.16. The molecule has 0 aromatic heterocycles. The molecule has 0 bridgehead atoms. The maximum Gasteiger partial charge on any atom is 0.0153 e. The Hall–Kier alpha value is -0.0400. The molecular weight excluding hydrogens is 146 g/mol. The van der Waals surface area contributed by atoms with Crippen molar-refractivity contribution in [3.8, 4) is 0 Å². The molecule has 12 heavy (non-hydrogen) atoms. The van der Waals surface area contributed by atoms with Gasteiger partial charge in [-0.05, 0) is 44.6 Å². The Morgan fingerprint density at radius 3 is 2.17 bits per heavy atom. The quantitative estimate of drug-likeness (QED) is 0.685. The van der Waals surface area contributed by atoms with Crippen LogP contribution in [0.3, 0.4) is 0 Å². The molecule has 1 heteroatoms. The lowest BCUT2D eigenvalue weighted by atomic mass is 9.78. The Kier molecular flexibility index (Phi) is 2.82. The number of nitrogens with one attached hydrogen (secondary N) is 1. The van der Waals surface area contributed by atoms with Gasteiger partial charge in [0, 0.05) is 5.54 Å². The summed E-state index contributed by atoms with van der Waals surface area (Å²) in [7, 11) is 0. The molecule has 0 aliphatic heterocycles. The summed E-state index contributed by atoms with van der Waals surface area (Å²) >= 11 is 0. The van der Waals surface area contributed by atoms with E-state index in [1.54, 1.807) is 0 Å².